The van der Waals surface area contributed by atoms with Crippen molar-refractivity contribution in [2.75, 3.05) is 19.6 Å². The van der Waals surface area contributed by atoms with Gasteiger partial charge in [-0.25, -0.2) is 0 Å². The summed E-state index contributed by atoms with van der Waals surface area (Å²) in [6.07, 6.45) is 6.70. The van der Waals surface area contributed by atoms with Crippen molar-refractivity contribution in [1.29, 1.82) is 0 Å². The Morgan fingerprint density at radius 1 is 1.05 bits per heavy atom. The van der Waals surface area contributed by atoms with Crippen LogP contribution in [0.15, 0.2) is 36.7 Å². The molecule has 3 saturated heterocycles. The van der Waals surface area contributed by atoms with E-state index in [2.05, 4.69) is 20.9 Å². The van der Waals surface area contributed by atoms with Gasteiger partial charge in [0.05, 0.1) is 12.2 Å². The molecule has 4 heterocycles. The van der Waals surface area contributed by atoms with Crippen molar-refractivity contribution in [3.63, 3.8) is 0 Å². The van der Waals surface area contributed by atoms with Gasteiger partial charge in [0, 0.05) is 18.3 Å². The summed E-state index contributed by atoms with van der Waals surface area (Å²) >= 11 is 0. The molecular formula is C16H19N3O. The van der Waals surface area contributed by atoms with Crippen molar-refractivity contribution in [2.24, 2.45) is 5.92 Å². The van der Waals surface area contributed by atoms with Crippen LogP contribution < -0.4 is 0 Å². The maximum absolute atomic E-state index is 9.36. The number of aromatic nitrogens is 2. The molecule has 1 unspecified atom stereocenters. The minimum atomic E-state index is 0.304. The minimum absolute atomic E-state index is 0.304. The normalized spacial score (nSPS) is 28.7. The van der Waals surface area contributed by atoms with Crippen LogP contribution in [0.5, 0.6) is 5.75 Å². The van der Waals surface area contributed by atoms with E-state index in [4.69, 9.17) is 0 Å². The molecule has 1 atom stereocenters. The summed E-state index contributed by atoms with van der Waals surface area (Å²) in [5, 5.41) is 13.9. The predicted molar refractivity (Wildman–Crippen MR) is 77.5 cm³/mol. The molecule has 2 bridgehead atoms. The molecule has 4 heteroatoms. The second kappa shape index (κ2) is 4.63. The molecule has 3 aliphatic rings. The molecule has 3 fully saturated rings. The Labute approximate surface area is 118 Å². The van der Waals surface area contributed by atoms with E-state index in [1.165, 1.54) is 25.9 Å². The third kappa shape index (κ3) is 2.00. The van der Waals surface area contributed by atoms with Crippen LogP contribution in [0.1, 0.15) is 18.9 Å². The number of fused-ring (bicyclic) bond motifs is 3. The number of hydrogen-bond donors (Lipinski definition) is 1. The van der Waals surface area contributed by atoms with Gasteiger partial charge in [0.15, 0.2) is 0 Å². The van der Waals surface area contributed by atoms with Crippen LogP contribution in [-0.4, -0.2) is 39.4 Å². The lowest BCUT2D eigenvalue weighted by molar-refractivity contribution is 0.0513. The van der Waals surface area contributed by atoms with E-state index in [1.807, 2.05) is 18.3 Å². The second-order valence-corrected chi connectivity index (χ2v) is 5.96. The Balaban J connectivity index is 1.60. The molecule has 20 heavy (non-hydrogen) atoms. The first-order chi connectivity index (χ1) is 9.79. The zero-order chi connectivity index (χ0) is 13.5. The number of phenols is 1. The summed E-state index contributed by atoms with van der Waals surface area (Å²) < 4.78 is 2.15. The van der Waals surface area contributed by atoms with Gasteiger partial charge in [-0.05, 0) is 49.5 Å². The summed E-state index contributed by atoms with van der Waals surface area (Å²) in [7, 11) is 0. The summed E-state index contributed by atoms with van der Waals surface area (Å²) in [6, 6.07) is 7.85. The maximum atomic E-state index is 9.36. The Morgan fingerprint density at radius 2 is 1.80 bits per heavy atom. The molecule has 3 aliphatic heterocycles. The standard InChI is InChI=1S/C16H19N3O/c20-15-3-1-12(2-4-15)14-9-17-19(10-14)16-11-18-7-5-13(16)6-8-18/h1-4,9-10,13,16,20H,5-8,11H2. The second-order valence-electron chi connectivity index (χ2n) is 5.96. The summed E-state index contributed by atoms with van der Waals surface area (Å²) in [4.78, 5) is 2.55. The number of hydrogen-bond acceptors (Lipinski definition) is 3. The lowest BCUT2D eigenvalue weighted by Crippen LogP contribution is -2.48. The lowest BCUT2D eigenvalue weighted by atomic mass is 9.84. The average molecular weight is 269 g/mol. The molecule has 2 aromatic rings. The van der Waals surface area contributed by atoms with E-state index in [-0.39, 0.29) is 0 Å². The topological polar surface area (TPSA) is 41.3 Å². The van der Waals surface area contributed by atoms with E-state index >= 15 is 0 Å². The van der Waals surface area contributed by atoms with Crippen molar-refractivity contribution in [3.8, 4) is 16.9 Å². The highest BCUT2D eigenvalue weighted by Gasteiger charge is 2.35. The lowest BCUT2D eigenvalue weighted by Gasteiger charge is -2.44. The van der Waals surface area contributed by atoms with E-state index in [0.29, 0.717) is 11.8 Å². The van der Waals surface area contributed by atoms with Crippen molar-refractivity contribution in [3.05, 3.63) is 36.7 Å². The van der Waals surface area contributed by atoms with Crippen molar-refractivity contribution in [1.82, 2.24) is 14.7 Å². The van der Waals surface area contributed by atoms with E-state index in [9.17, 15) is 5.11 Å². The fourth-order valence-corrected chi connectivity index (χ4v) is 3.56. The molecule has 1 N–H and O–H groups in total. The van der Waals surface area contributed by atoms with Crippen molar-refractivity contribution < 1.29 is 5.11 Å². The largest absolute Gasteiger partial charge is 0.508 e. The Hall–Kier alpha value is -1.81. The molecule has 0 radical (unpaired) electrons. The highest BCUT2D eigenvalue weighted by atomic mass is 16.3. The maximum Gasteiger partial charge on any atom is 0.115 e. The molecule has 0 saturated carbocycles. The summed E-state index contributed by atoms with van der Waals surface area (Å²) in [5.74, 6) is 1.09. The minimum Gasteiger partial charge on any atom is -0.508 e. The molecule has 5 rings (SSSR count). The van der Waals surface area contributed by atoms with Gasteiger partial charge >= 0.3 is 0 Å². The van der Waals surface area contributed by atoms with Gasteiger partial charge in [0.25, 0.3) is 0 Å². The number of benzene rings is 1. The zero-order valence-electron chi connectivity index (χ0n) is 11.4. The molecule has 1 aromatic carbocycles. The number of rotatable bonds is 2. The van der Waals surface area contributed by atoms with Crippen molar-refractivity contribution >= 4 is 0 Å². The molecule has 0 spiro atoms. The smallest absolute Gasteiger partial charge is 0.115 e. The fraction of sp³-hybridized carbons (Fsp3) is 0.438. The van der Waals surface area contributed by atoms with Gasteiger partial charge in [-0.15, -0.1) is 0 Å². The van der Waals surface area contributed by atoms with Gasteiger partial charge in [0.1, 0.15) is 5.75 Å². The van der Waals surface area contributed by atoms with Crippen LogP contribution in [0.25, 0.3) is 11.1 Å². The average Bonchev–Trinajstić information content (AvgIpc) is 2.99. The molecular weight excluding hydrogens is 250 g/mol. The zero-order valence-corrected chi connectivity index (χ0v) is 11.4. The van der Waals surface area contributed by atoms with Gasteiger partial charge in [-0.1, -0.05) is 12.1 Å². The first kappa shape index (κ1) is 12.0. The molecule has 104 valence electrons. The Bertz CT molecular complexity index is 596. The summed E-state index contributed by atoms with van der Waals surface area (Å²) in [5.41, 5.74) is 2.23. The Morgan fingerprint density at radius 3 is 2.45 bits per heavy atom. The van der Waals surface area contributed by atoms with Crippen molar-refractivity contribution in [2.45, 2.75) is 18.9 Å². The number of piperidine rings is 3. The highest BCUT2D eigenvalue weighted by molar-refractivity contribution is 5.62. The fourth-order valence-electron chi connectivity index (χ4n) is 3.56. The van der Waals surface area contributed by atoms with Crippen LogP contribution >= 0.6 is 0 Å². The highest BCUT2D eigenvalue weighted by Crippen LogP contribution is 2.35. The van der Waals surface area contributed by atoms with E-state index < -0.39 is 0 Å². The van der Waals surface area contributed by atoms with E-state index in [1.54, 1.807) is 12.1 Å². The van der Waals surface area contributed by atoms with Gasteiger partial charge < -0.3 is 10.0 Å². The molecule has 4 nitrogen and oxygen atoms in total. The van der Waals surface area contributed by atoms with E-state index in [0.717, 1.165) is 23.6 Å². The number of aromatic hydroxyl groups is 1. The van der Waals surface area contributed by atoms with Gasteiger partial charge in [0.2, 0.25) is 0 Å². The third-order valence-corrected chi connectivity index (χ3v) is 4.76. The Kier molecular flexibility index (Phi) is 2.77. The monoisotopic (exact) mass is 269 g/mol. The molecule has 0 amide bonds. The SMILES string of the molecule is Oc1ccc(-c2cnn(C3CN4CCC3CC4)c2)cc1. The third-order valence-electron chi connectivity index (χ3n) is 4.76. The number of nitrogens with zero attached hydrogens (tertiary/aromatic N) is 3. The predicted octanol–water partition coefficient (Wildman–Crippen LogP) is 2.52. The first-order valence-electron chi connectivity index (χ1n) is 7.35. The van der Waals surface area contributed by atoms with Crippen LogP contribution in [-0.2, 0) is 0 Å². The summed E-state index contributed by atoms with van der Waals surface area (Å²) in [6.45, 7) is 3.65. The van der Waals surface area contributed by atoms with Gasteiger partial charge in [-0.2, -0.15) is 5.10 Å². The van der Waals surface area contributed by atoms with Crippen LogP contribution in [0.2, 0.25) is 0 Å². The molecule has 1 aromatic heterocycles. The van der Waals surface area contributed by atoms with Crippen LogP contribution in [0, 0.1) is 5.92 Å². The first-order valence-corrected chi connectivity index (χ1v) is 7.35. The molecule has 0 aliphatic carbocycles. The van der Waals surface area contributed by atoms with Crippen LogP contribution in [0.4, 0.5) is 0 Å². The van der Waals surface area contributed by atoms with Crippen LogP contribution in [0.3, 0.4) is 0 Å². The quantitative estimate of drug-likeness (QED) is 0.911. The van der Waals surface area contributed by atoms with Gasteiger partial charge in [-0.3, -0.25) is 4.68 Å². The number of phenolic OH excluding ortho intramolecular Hbond substituents is 1.